The molecule has 6 rings (SSSR count). The van der Waals surface area contributed by atoms with Gasteiger partial charge in [-0.05, 0) is 69.8 Å². The molecule has 0 radical (unpaired) electrons. The van der Waals surface area contributed by atoms with Gasteiger partial charge in [-0.25, -0.2) is 0 Å². The van der Waals surface area contributed by atoms with Gasteiger partial charge in [-0.2, -0.15) is 0 Å². The molecule has 10 heteroatoms. The summed E-state index contributed by atoms with van der Waals surface area (Å²) in [4.78, 5) is 34.8. The summed E-state index contributed by atoms with van der Waals surface area (Å²) in [6.07, 6.45) is 20.4. The number of benzene rings is 6. The van der Waals surface area contributed by atoms with E-state index in [0.29, 0.717) is 0 Å². The number of carbonyl (C=O) groups is 3. The minimum Gasteiger partial charge on any atom is -0.396 e. The highest BCUT2D eigenvalue weighted by Crippen LogP contribution is 2.20. The summed E-state index contributed by atoms with van der Waals surface area (Å²) in [6, 6.07) is 58.7. The number of hydrogen-bond acceptors (Lipinski definition) is 10. The lowest BCUT2D eigenvalue weighted by Gasteiger charge is -2.31. The van der Waals surface area contributed by atoms with Crippen molar-refractivity contribution < 1.29 is 49.8 Å². The van der Waals surface area contributed by atoms with Crippen molar-refractivity contribution in [2.45, 2.75) is 0 Å². The predicted molar refractivity (Wildman–Crippen MR) is 286 cm³/mol. The number of hydrogen-bond donors (Lipinski definition) is 6. The number of allylic oxidation sites excluding steroid dienone is 6. The molecule has 0 unspecified atom stereocenters. The van der Waals surface area contributed by atoms with Gasteiger partial charge in [-0.1, -0.05) is 218 Å². The molecule has 0 aliphatic heterocycles. The largest absolute Gasteiger partial charge is 0.396 e. The van der Waals surface area contributed by atoms with E-state index in [9.17, 15) is 14.4 Å². The van der Waals surface area contributed by atoms with Gasteiger partial charge in [0.05, 0.1) is 63.7 Å². The van der Waals surface area contributed by atoms with Crippen molar-refractivity contribution >= 4 is 53.8 Å². The van der Waals surface area contributed by atoms with Gasteiger partial charge in [0.1, 0.15) is 0 Å². The first-order chi connectivity index (χ1) is 34.6. The molecule has 0 spiro atoms. The molecule has 6 aromatic rings. The first kappa shape index (κ1) is 57.8. The quantitative estimate of drug-likeness (QED) is 0.0360. The topological polar surface area (TPSA) is 182 Å². The van der Waals surface area contributed by atoms with Crippen LogP contribution in [0, 0.1) is 10.8 Å². The maximum atomic E-state index is 11.6. The van der Waals surface area contributed by atoms with E-state index < -0.39 is 50.5 Å². The van der Waals surface area contributed by atoms with E-state index in [1.807, 2.05) is 218 Å². The number of rotatable bonds is 22. The molecule has 0 saturated carbocycles. The predicted octanol–water partition coefficient (Wildman–Crippen LogP) is 8.88. The van der Waals surface area contributed by atoms with Gasteiger partial charge in [-0.3, -0.25) is 14.4 Å². The number of aliphatic hydroxyl groups is 6. The Morgan fingerprint density at radius 1 is 0.296 bits per heavy atom. The fourth-order valence-corrected chi connectivity index (χ4v) is 5.68. The van der Waals surface area contributed by atoms with Gasteiger partial charge < -0.3 is 35.4 Å². The van der Waals surface area contributed by atoms with E-state index >= 15 is 0 Å². The summed E-state index contributed by atoms with van der Waals surface area (Å²) in [6.45, 7) is -3.01. The SMILES string of the molecule is O=C(C=Cc1ccccc1)C=Cc1ccccc1.O=C(C=Cc1ccccc1)C=Cc1ccccc1.O=C(C=Cc1ccccc1)C=Cc1ccccc1.OCC(CO)(CO)COCC(CO)(CO)CO. The fraction of sp³-hybridized carbons (Fsp3) is 0.164. The van der Waals surface area contributed by atoms with Gasteiger partial charge in [0.2, 0.25) is 0 Å². The summed E-state index contributed by atoms with van der Waals surface area (Å²) in [5, 5.41) is 54.2. The van der Waals surface area contributed by atoms with Gasteiger partial charge >= 0.3 is 0 Å². The van der Waals surface area contributed by atoms with Crippen LogP contribution >= 0.6 is 0 Å². The molecule has 0 heterocycles. The van der Waals surface area contributed by atoms with Gasteiger partial charge in [-0.15, -0.1) is 0 Å². The maximum Gasteiger partial charge on any atom is 0.178 e. The summed E-state index contributed by atoms with van der Waals surface area (Å²) in [7, 11) is 0. The van der Waals surface area contributed by atoms with E-state index in [1.165, 1.54) is 0 Å². The smallest absolute Gasteiger partial charge is 0.178 e. The Kier molecular flexibility index (Phi) is 28.3. The Labute approximate surface area is 417 Å². The van der Waals surface area contributed by atoms with Crippen LogP contribution in [0.3, 0.4) is 0 Å². The zero-order valence-corrected chi connectivity index (χ0v) is 39.7. The van der Waals surface area contributed by atoms with Gasteiger partial charge in [0, 0.05) is 0 Å². The minimum atomic E-state index is -1.16. The molecule has 0 fully saturated rings. The van der Waals surface area contributed by atoms with E-state index in [4.69, 9.17) is 35.4 Å². The molecule has 71 heavy (non-hydrogen) atoms. The first-order valence-corrected chi connectivity index (χ1v) is 22.8. The summed E-state index contributed by atoms with van der Waals surface area (Å²) >= 11 is 0. The van der Waals surface area contributed by atoms with Crippen LogP contribution < -0.4 is 0 Å². The Bertz CT molecular complexity index is 2100. The second-order valence-electron chi connectivity index (χ2n) is 16.1. The number of carbonyl (C=O) groups excluding carboxylic acids is 3. The van der Waals surface area contributed by atoms with Crippen LogP contribution in [-0.4, -0.2) is 101 Å². The Balaban J connectivity index is 0.000000250. The lowest BCUT2D eigenvalue weighted by molar-refractivity contribution is -0.111. The molecule has 0 aromatic heterocycles. The summed E-state index contributed by atoms with van der Waals surface area (Å²) in [5.74, 6) is -0.0341. The highest BCUT2D eigenvalue weighted by molar-refractivity contribution is 6.05. The van der Waals surface area contributed by atoms with Crippen LogP contribution in [0.15, 0.2) is 218 Å². The van der Waals surface area contributed by atoms with Crippen LogP contribution in [0.25, 0.3) is 36.5 Å². The molecule has 0 atom stereocenters. The molecule has 0 aliphatic rings. The Hall–Kier alpha value is -7.51. The standard InChI is InChI=1S/3C17H14O.C10H22O7/c3*18-17(13-11-15-7-3-1-4-8-15)14-12-16-9-5-2-6-10-16;11-1-9(2-12,3-13)7-17-8-10(4-14,5-15)6-16/h3*1-14H;11-16H,1-8H2. The Morgan fingerprint density at radius 3 is 0.592 bits per heavy atom. The van der Waals surface area contributed by atoms with Crippen molar-refractivity contribution in [2.24, 2.45) is 10.8 Å². The third-order valence-corrected chi connectivity index (χ3v) is 10.3. The van der Waals surface area contributed by atoms with Crippen molar-refractivity contribution in [3.05, 3.63) is 252 Å². The zero-order valence-electron chi connectivity index (χ0n) is 39.7. The molecule has 0 bridgehead atoms. The highest BCUT2D eigenvalue weighted by atomic mass is 16.5. The van der Waals surface area contributed by atoms with Crippen LogP contribution in [0.2, 0.25) is 0 Å². The maximum absolute atomic E-state index is 11.6. The van der Waals surface area contributed by atoms with Crippen LogP contribution in [0.1, 0.15) is 33.4 Å². The zero-order chi connectivity index (χ0) is 51.3. The molecule has 6 N–H and O–H groups in total. The number of ether oxygens (including phenoxy) is 1. The van der Waals surface area contributed by atoms with Crippen LogP contribution in [-0.2, 0) is 19.1 Å². The van der Waals surface area contributed by atoms with E-state index in [2.05, 4.69) is 0 Å². The Morgan fingerprint density at radius 2 is 0.451 bits per heavy atom. The lowest BCUT2D eigenvalue weighted by Crippen LogP contribution is -2.43. The molecule has 0 aliphatic carbocycles. The van der Waals surface area contributed by atoms with Gasteiger partial charge in [0.15, 0.2) is 17.3 Å². The fourth-order valence-electron chi connectivity index (χ4n) is 5.68. The van der Waals surface area contributed by atoms with E-state index in [-0.39, 0.29) is 30.6 Å². The van der Waals surface area contributed by atoms with E-state index in [0.717, 1.165) is 33.4 Å². The molecule has 10 nitrogen and oxygen atoms in total. The lowest BCUT2D eigenvalue weighted by atomic mass is 9.91. The normalized spacial score (nSPS) is 11.6. The third kappa shape index (κ3) is 24.6. The second kappa shape index (κ2) is 34.7. The van der Waals surface area contributed by atoms with Crippen molar-refractivity contribution in [3.8, 4) is 0 Å². The van der Waals surface area contributed by atoms with Crippen molar-refractivity contribution in [1.82, 2.24) is 0 Å². The van der Waals surface area contributed by atoms with Crippen molar-refractivity contribution in [2.75, 3.05) is 52.9 Å². The second-order valence-corrected chi connectivity index (χ2v) is 16.1. The van der Waals surface area contributed by atoms with E-state index in [1.54, 1.807) is 36.5 Å². The van der Waals surface area contributed by atoms with Crippen LogP contribution in [0.5, 0.6) is 0 Å². The molecule has 6 aromatic carbocycles. The van der Waals surface area contributed by atoms with Crippen LogP contribution in [0.4, 0.5) is 0 Å². The summed E-state index contributed by atoms with van der Waals surface area (Å²) < 4.78 is 5.15. The molecule has 0 saturated heterocycles. The highest BCUT2D eigenvalue weighted by Gasteiger charge is 2.32. The average Bonchev–Trinajstić information content (AvgIpc) is 3.44. The molecule has 368 valence electrons. The third-order valence-electron chi connectivity index (χ3n) is 10.3. The molecular weight excluding hydrogens is 893 g/mol. The summed E-state index contributed by atoms with van der Waals surface area (Å²) in [5.41, 5.74) is 3.84. The van der Waals surface area contributed by atoms with Gasteiger partial charge in [0.25, 0.3) is 0 Å². The minimum absolute atomic E-state index is 0.0114. The average molecular weight is 957 g/mol. The van der Waals surface area contributed by atoms with Crippen molar-refractivity contribution in [3.63, 3.8) is 0 Å². The molecule has 0 amide bonds. The monoisotopic (exact) mass is 956 g/mol. The van der Waals surface area contributed by atoms with Crippen molar-refractivity contribution in [1.29, 1.82) is 0 Å². The number of ketones is 3. The first-order valence-electron chi connectivity index (χ1n) is 22.8. The number of aliphatic hydroxyl groups excluding tert-OH is 6. The molecular formula is C61H64O10.